The van der Waals surface area contributed by atoms with E-state index < -0.39 is 5.97 Å². The number of hydrogen-bond acceptors (Lipinski definition) is 6. The molecule has 0 aliphatic carbocycles. The number of ether oxygens (including phenoxy) is 3. The van der Waals surface area contributed by atoms with Crippen molar-refractivity contribution < 1.29 is 23.8 Å². The van der Waals surface area contributed by atoms with E-state index in [1.807, 2.05) is 31.2 Å². The first kappa shape index (κ1) is 17.3. The Morgan fingerprint density at radius 1 is 1.16 bits per heavy atom. The number of hydrogen-bond donors (Lipinski definition) is 1. The summed E-state index contributed by atoms with van der Waals surface area (Å²) < 4.78 is 16.1. The summed E-state index contributed by atoms with van der Waals surface area (Å²) in [5.74, 6) is 0.636. The first-order valence-electron chi connectivity index (χ1n) is 8.11. The van der Waals surface area contributed by atoms with Gasteiger partial charge in [0.1, 0.15) is 18.1 Å². The summed E-state index contributed by atoms with van der Waals surface area (Å²) >= 11 is 1.31. The molecule has 2 heterocycles. The van der Waals surface area contributed by atoms with Gasteiger partial charge in [-0.25, -0.2) is 4.79 Å². The number of rotatable bonds is 6. The van der Waals surface area contributed by atoms with E-state index in [9.17, 15) is 9.59 Å². The van der Waals surface area contributed by atoms with Gasteiger partial charge in [0.25, 0.3) is 5.91 Å². The minimum Gasteiger partial charge on any atom is -0.486 e. The van der Waals surface area contributed by atoms with E-state index in [-0.39, 0.29) is 12.5 Å². The molecule has 0 bridgehead atoms. The third-order valence-corrected chi connectivity index (χ3v) is 4.65. The van der Waals surface area contributed by atoms with Gasteiger partial charge >= 0.3 is 5.97 Å². The predicted molar refractivity (Wildman–Crippen MR) is 94.3 cm³/mol. The quantitative estimate of drug-likeness (QED) is 0.801. The summed E-state index contributed by atoms with van der Waals surface area (Å²) in [7, 11) is 0. The molecule has 0 unspecified atom stereocenters. The Kier molecular flexibility index (Phi) is 5.55. The second-order valence-corrected chi connectivity index (χ2v) is 6.53. The lowest BCUT2D eigenvalue weighted by Crippen LogP contribution is -2.29. The largest absolute Gasteiger partial charge is 0.486 e. The molecule has 1 aromatic carbocycles. The van der Waals surface area contributed by atoms with Crippen molar-refractivity contribution in [3.63, 3.8) is 0 Å². The predicted octanol–water partition coefficient (Wildman–Crippen LogP) is 2.87. The van der Waals surface area contributed by atoms with Gasteiger partial charge in [-0.3, -0.25) is 4.79 Å². The van der Waals surface area contributed by atoms with Crippen molar-refractivity contribution in [2.45, 2.75) is 13.3 Å². The summed E-state index contributed by atoms with van der Waals surface area (Å²) in [6.45, 7) is 3.34. The van der Waals surface area contributed by atoms with Gasteiger partial charge in [-0.15, -0.1) is 11.3 Å². The van der Waals surface area contributed by atoms with Gasteiger partial charge in [-0.1, -0.05) is 6.92 Å². The molecule has 132 valence electrons. The average molecular weight is 361 g/mol. The maximum absolute atomic E-state index is 12.1. The molecule has 25 heavy (non-hydrogen) atoms. The van der Waals surface area contributed by atoms with Crippen LogP contribution < -0.4 is 14.8 Å². The second kappa shape index (κ2) is 8.02. The van der Waals surface area contributed by atoms with Gasteiger partial charge in [-0.2, -0.15) is 0 Å². The first-order valence-corrected chi connectivity index (χ1v) is 8.92. The van der Waals surface area contributed by atoms with Crippen molar-refractivity contribution in [1.29, 1.82) is 0 Å². The summed E-state index contributed by atoms with van der Waals surface area (Å²) in [6.07, 6.45) is 0.837. The summed E-state index contributed by atoms with van der Waals surface area (Å²) in [5.41, 5.74) is 0.939. The molecule has 0 atom stereocenters. The SMILES string of the molecule is CCCNC(=O)COC(=O)c1ccc(-c2ccc3c(c2)OCCO3)s1. The molecule has 0 spiro atoms. The number of nitrogens with one attached hydrogen (secondary N) is 1. The molecule has 7 heteroatoms. The average Bonchev–Trinajstić information content (AvgIpc) is 3.14. The van der Waals surface area contributed by atoms with Crippen molar-refractivity contribution >= 4 is 23.2 Å². The molecule has 1 aromatic heterocycles. The van der Waals surface area contributed by atoms with E-state index in [1.165, 1.54) is 11.3 Å². The lowest BCUT2D eigenvalue weighted by molar-refractivity contribution is -0.124. The third kappa shape index (κ3) is 4.30. The highest BCUT2D eigenvalue weighted by Gasteiger charge is 2.16. The van der Waals surface area contributed by atoms with Crippen LogP contribution in [0.5, 0.6) is 11.5 Å². The second-order valence-electron chi connectivity index (χ2n) is 5.45. The molecule has 1 aliphatic heterocycles. The monoisotopic (exact) mass is 361 g/mol. The molecule has 1 amide bonds. The molecule has 3 rings (SSSR count). The Morgan fingerprint density at radius 3 is 2.76 bits per heavy atom. The number of amides is 1. The fraction of sp³-hybridized carbons (Fsp3) is 0.333. The number of carbonyl (C=O) groups excluding carboxylic acids is 2. The normalized spacial score (nSPS) is 12.5. The van der Waals surface area contributed by atoms with Crippen LogP contribution in [0.3, 0.4) is 0 Å². The molecule has 0 radical (unpaired) electrons. The Balaban J connectivity index is 1.64. The fourth-order valence-corrected chi connectivity index (χ4v) is 3.21. The van der Waals surface area contributed by atoms with Crippen LogP contribution >= 0.6 is 11.3 Å². The minimum absolute atomic E-state index is 0.268. The summed E-state index contributed by atoms with van der Waals surface area (Å²) in [5, 5.41) is 2.66. The lowest BCUT2D eigenvalue weighted by Gasteiger charge is -2.18. The van der Waals surface area contributed by atoms with E-state index in [2.05, 4.69) is 5.32 Å². The highest BCUT2D eigenvalue weighted by atomic mass is 32.1. The van der Waals surface area contributed by atoms with E-state index in [1.54, 1.807) is 6.07 Å². The van der Waals surface area contributed by atoms with Gasteiger partial charge in [0.2, 0.25) is 0 Å². The van der Waals surface area contributed by atoms with Crippen LogP contribution in [0.1, 0.15) is 23.0 Å². The van der Waals surface area contributed by atoms with Crippen molar-refractivity contribution in [2.24, 2.45) is 0 Å². The molecule has 6 nitrogen and oxygen atoms in total. The number of carbonyl (C=O) groups is 2. The smallest absolute Gasteiger partial charge is 0.348 e. The van der Waals surface area contributed by atoms with Crippen LogP contribution in [0.25, 0.3) is 10.4 Å². The van der Waals surface area contributed by atoms with Crippen molar-refractivity contribution in [1.82, 2.24) is 5.32 Å². The maximum Gasteiger partial charge on any atom is 0.348 e. The van der Waals surface area contributed by atoms with Crippen LogP contribution in [0.4, 0.5) is 0 Å². The zero-order valence-electron chi connectivity index (χ0n) is 13.9. The van der Waals surface area contributed by atoms with Crippen LogP contribution in [-0.2, 0) is 9.53 Å². The molecule has 1 N–H and O–H groups in total. The standard InChI is InChI=1S/C18H19NO5S/c1-2-7-19-17(20)11-24-18(21)16-6-5-15(25-16)12-3-4-13-14(10-12)23-9-8-22-13/h3-6,10H,2,7-9,11H2,1H3,(H,19,20). The van der Waals surface area contributed by atoms with Gasteiger partial charge in [0, 0.05) is 11.4 Å². The summed E-state index contributed by atoms with van der Waals surface area (Å²) in [4.78, 5) is 24.9. The Morgan fingerprint density at radius 2 is 1.96 bits per heavy atom. The maximum atomic E-state index is 12.1. The fourth-order valence-electron chi connectivity index (χ4n) is 2.32. The van der Waals surface area contributed by atoms with Gasteiger partial charge in [0.05, 0.1) is 0 Å². The van der Waals surface area contributed by atoms with Gasteiger partial charge < -0.3 is 19.5 Å². The molecule has 0 fully saturated rings. The Bertz CT molecular complexity index is 771. The molecule has 2 aromatic rings. The number of thiophene rings is 1. The van der Waals surface area contributed by atoms with Crippen LogP contribution in [-0.4, -0.2) is 38.2 Å². The van der Waals surface area contributed by atoms with Crippen molar-refractivity contribution in [3.05, 3.63) is 35.2 Å². The topological polar surface area (TPSA) is 73.9 Å². The zero-order chi connectivity index (χ0) is 17.6. The minimum atomic E-state index is -0.500. The Labute approximate surface area is 149 Å². The third-order valence-electron chi connectivity index (χ3n) is 3.54. The Hall–Kier alpha value is -2.54. The first-order chi connectivity index (χ1) is 12.2. The molecule has 0 saturated heterocycles. The highest BCUT2D eigenvalue weighted by molar-refractivity contribution is 7.17. The molecule has 1 aliphatic rings. The number of esters is 1. The lowest BCUT2D eigenvalue weighted by atomic mass is 10.1. The number of fused-ring (bicyclic) bond motifs is 1. The number of benzene rings is 1. The highest BCUT2D eigenvalue weighted by Crippen LogP contribution is 2.36. The van der Waals surface area contributed by atoms with E-state index >= 15 is 0 Å². The zero-order valence-corrected chi connectivity index (χ0v) is 14.7. The molecular formula is C18H19NO5S. The molecule has 0 saturated carbocycles. The van der Waals surface area contributed by atoms with Crippen LogP contribution in [0.2, 0.25) is 0 Å². The van der Waals surface area contributed by atoms with E-state index in [0.29, 0.717) is 30.4 Å². The van der Waals surface area contributed by atoms with Crippen LogP contribution in [0, 0.1) is 0 Å². The van der Waals surface area contributed by atoms with Crippen molar-refractivity contribution in [2.75, 3.05) is 26.4 Å². The van der Waals surface area contributed by atoms with Gasteiger partial charge in [-0.05, 0) is 42.3 Å². The van der Waals surface area contributed by atoms with Crippen molar-refractivity contribution in [3.8, 4) is 21.9 Å². The van der Waals surface area contributed by atoms with Crippen LogP contribution in [0.15, 0.2) is 30.3 Å². The summed E-state index contributed by atoms with van der Waals surface area (Å²) in [6, 6.07) is 9.23. The van der Waals surface area contributed by atoms with E-state index in [0.717, 1.165) is 22.6 Å². The van der Waals surface area contributed by atoms with E-state index in [4.69, 9.17) is 14.2 Å². The van der Waals surface area contributed by atoms with Gasteiger partial charge in [0.15, 0.2) is 18.1 Å². The molecular weight excluding hydrogens is 342 g/mol.